The summed E-state index contributed by atoms with van der Waals surface area (Å²) in [6.07, 6.45) is 2.98. The largest absolute Gasteiger partial charge is 0.421 e. The summed E-state index contributed by atoms with van der Waals surface area (Å²) in [6, 6.07) is 7.14. The van der Waals surface area contributed by atoms with Gasteiger partial charge in [0.25, 0.3) is 0 Å². The van der Waals surface area contributed by atoms with Gasteiger partial charge in [-0.15, -0.1) is 10.2 Å². The third kappa shape index (κ3) is 2.92. The summed E-state index contributed by atoms with van der Waals surface area (Å²) in [5.74, 6) is 0.810. The van der Waals surface area contributed by atoms with E-state index in [2.05, 4.69) is 15.3 Å². The molecule has 0 aliphatic heterocycles. The number of nitrogens with two attached hydrogens (primary N) is 1. The molecule has 3 rings (SSSR count). The zero-order valence-electron chi connectivity index (χ0n) is 11.4. The Morgan fingerprint density at radius 2 is 2.23 bits per heavy atom. The summed E-state index contributed by atoms with van der Waals surface area (Å²) >= 11 is 0. The summed E-state index contributed by atoms with van der Waals surface area (Å²) in [5, 5.41) is 22.4. The first-order chi connectivity index (χ1) is 10.6. The highest BCUT2D eigenvalue weighted by Crippen LogP contribution is 2.20. The summed E-state index contributed by atoms with van der Waals surface area (Å²) < 4.78 is 7.01. The molecule has 0 radical (unpaired) electrons. The van der Waals surface area contributed by atoms with Gasteiger partial charge in [0, 0.05) is 24.2 Å². The first-order valence-electron chi connectivity index (χ1n) is 6.47. The van der Waals surface area contributed by atoms with E-state index in [1.807, 2.05) is 6.07 Å². The molecule has 0 fully saturated rings. The van der Waals surface area contributed by atoms with Crippen molar-refractivity contribution in [2.24, 2.45) is 0 Å². The highest BCUT2D eigenvalue weighted by atomic mass is 16.6. The summed E-state index contributed by atoms with van der Waals surface area (Å²) in [6.45, 7) is 0.409. The lowest BCUT2D eigenvalue weighted by Crippen LogP contribution is -2.01. The number of nitrogens with zero attached hydrogens (tertiary/aromatic N) is 5. The minimum absolute atomic E-state index is 0.0500. The third-order valence-corrected chi connectivity index (χ3v) is 2.99. The molecule has 112 valence electrons. The van der Waals surface area contributed by atoms with E-state index in [1.165, 1.54) is 17.1 Å². The number of hydrogen-bond acceptors (Lipinski definition) is 7. The number of hydrogen-bond donors (Lipinski definition) is 1. The van der Waals surface area contributed by atoms with Crippen molar-refractivity contribution in [1.82, 2.24) is 20.0 Å². The Hall–Kier alpha value is -3.23. The number of rotatable bonds is 5. The zero-order valence-corrected chi connectivity index (χ0v) is 11.4. The van der Waals surface area contributed by atoms with Gasteiger partial charge < -0.3 is 10.2 Å². The minimum Gasteiger partial charge on any atom is -0.421 e. The average Bonchev–Trinajstić information content (AvgIpc) is 3.14. The zero-order chi connectivity index (χ0) is 15.5. The van der Waals surface area contributed by atoms with Crippen molar-refractivity contribution in [3.8, 4) is 11.5 Å². The monoisotopic (exact) mass is 300 g/mol. The predicted molar refractivity (Wildman–Crippen MR) is 76.7 cm³/mol. The first-order valence-corrected chi connectivity index (χ1v) is 6.47. The highest BCUT2D eigenvalue weighted by Gasteiger charge is 2.11. The summed E-state index contributed by atoms with van der Waals surface area (Å²) in [7, 11) is 0. The molecule has 1 aromatic carbocycles. The molecule has 0 unspecified atom stereocenters. The third-order valence-electron chi connectivity index (χ3n) is 2.99. The van der Waals surface area contributed by atoms with Crippen molar-refractivity contribution in [3.05, 3.63) is 52.7 Å². The molecule has 0 atom stereocenters. The molecule has 9 nitrogen and oxygen atoms in total. The van der Waals surface area contributed by atoms with Crippen LogP contribution >= 0.6 is 0 Å². The van der Waals surface area contributed by atoms with Crippen molar-refractivity contribution in [2.75, 3.05) is 5.73 Å². The Kier molecular flexibility index (Phi) is 3.52. The van der Waals surface area contributed by atoms with Crippen LogP contribution in [0.2, 0.25) is 0 Å². The van der Waals surface area contributed by atoms with Gasteiger partial charge in [-0.3, -0.25) is 14.8 Å². The van der Waals surface area contributed by atoms with E-state index in [1.54, 1.807) is 18.2 Å². The second-order valence-corrected chi connectivity index (χ2v) is 4.60. The Labute approximate surface area is 124 Å². The molecule has 0 amide bonds. The maximum absolute atomic E-state index is 10.6. The van der Waals surface area contributed by atoms with E-state index in [4.69, 9.17) is 10.2 Å². The van der Waals surface area contributed by atoms with Gasteiger partial charge in [0.05, 0.1) is 4.92 Å². The van der Waals surface area contributed by atoms with E-state index in [0.29, 0.717) is 30.4 Å². The maximum Gasteiger partial charge on any atom is 0.306 e. The molecule has 0 aliphatic rings. The van der Waals surface area contributed by atoms with E-state index in [9.17, 15) is 10.1 Å². The normalized spacial score (nSPS) is 10.7. The van der Waals surface area contributed by atoms with Crippen LogP contribution in [0.5, 0.6) is 0 Å². The van der Waals surface area contributed by atoms with Gasteiger partial charge in [-0.25, -0.2) is 0 Å². The molecule has 22 heavy (non-hydrogen) atoms. The second kappa shape index (κ2) is 5.64. The molecule has 0 saturated carbocycles. The van der Waals surface area contributed by atoms with Crippen LogP contribution in [0.15, 0.2) is 41.1 Å². The van der Waals surface area contributed by atoms with Crippen LogP contribution in [-0.2, 0) is 13.0 Å². The number of nitrogen functional groups attached to an aromatic ring is 1. The Balaban J connectivity index is 1.68. The topological polar surface area (TPSA) is 126 Å². The fourth-order valence-electron chi connectivity index (χ4n) is 1.92. The van der Waals surface area contributed by atoms with Crippen LogP contribution in [0.25, 0.3) is 11.5 Å². The second-order valence-electron chi connectivity index (χ2n) is 4.60. The lowest BCUT2D eigenvalue weighted by molar-refractivity contribution is -0.385. The van der Waals surface area contributed by atoms with Gasteiger partial charge >= 0.3 is 5.69 Å². The van der Waals surface area contributed by atoms with E-state index in [0.717, 1.165) is 5.56 Å². The van der Waals surface area contributed by atoms with Crippen molar-refractivity contribution in [2.45, 2.75) is 13.0 Å². The van der Waals surface area contributed by atoms with Gasteiger partial charge in [0.1, 0.15) is 12.4 Å². The van der Waals surface area contributed by atoms with Gasteiger partial charge in [-0.05, 0) is 18.2 Å². The molecular weight excluding hydrogens is 288 g/mol. The Morgan fingerprint density at radius 1 is 1.36 bits per heavy atom. The van der Waals surface area contributed by atoms with Crippen LogP contribution in [0, 0.1) is 10.1 Å². The molecule has 2 heterocycles. The van der Waals surface area contributed by atoms with Crippen LogP contribution in [0.3, 0.4) is 0 Å². The lowest BCUT2D eigenvalue weighted by Gasteiger charge is -1.97. The smallest absolute Gasteiger partial charge is 0.306 e. The summed E-state index contributed by atoms with van der Waals surface area (Å²) in [5.41, 5.74) is 7.01. The van der Waals surface area contributed by atoms with E-state index >= 15 is 0 Å². The van der Waals surface area contributed by atoms with Crippen molar-refractivity contribution in [3.63, 3.8) is 0 Å². The van der Waals surface area contributed by atoms with Crippen LogP contribution < -0.4 is 5.73 Å². The number of nitro groups is 1. The molecule has 3 aromatic rings. The number of aromatic nitrogens is 4. The van der Waals surface area contributed by atoms with E-state index < -0.39 is 4.92 Å². The summed E-state index contributed by atoms with van der Waals surface area (Å²) in [4.78, 5) is 10.1. The van der Waals surface area contributed by atoms with Gasteiger partial charge in [-0.1, -0.05) is 6.07 Å². The minimum atomic E-state index is -0.492. The van der Waals surface area contributed by atoms with Gasteiger partial charge in [0.15, 0.2) is 0 Å². The van der Waals surface area contributed by atoms with Crippen molar-refractivity contribution >= 4 is 11.4 Å². The molecule has 0 saturated heterocycles. The standard InChI is InChI=1S/C13H12N6O3/c14-10-3-1-2-9(6-10)13-17-16-12(22-13)4-5-18-8-11(7-15-18)19(20)21/h1-3,6-8H,4-5,14H2. The molecule has 0 spiro atoms. The molecule has 0 aliphatic carbocycles. The lowest BCUT2D eigenvalue weighted by atomic mass is 10.2. The quantitative estimate of drug-likeness (QED) is 0.431. The average molecular weight is 300 g/mol. The fraction of sp³-hybridized carbons (Fsp3) is 0.154. The molecule has 2 aromatic heterocycles. The number of anilines is 1. The van der Waals surface area contributed by atoms with Crippen LogP contribution in [-0.4, -0.2) is 24.9 Å². The van der Waals surface area contributed by atoms with Crippen LogP contribution in [0.4, 0.5) is 11.4 Å². The number of aryl methyl sites for hydroxylation is 2. The van der Waals surface area contributed by atoms with Crippen molar-refractivity contribution < 1.29 is 9.34 Å². The van der Waals surface area contributed by atoms with Gasteiger partial charge in [-0.2, -0.15) is 5.10 Å². The molecule has 0 bridgehead atoms. The van der Waals surface area contributed by atoms with Crippen molar-refractivity contribution in [1.29, 1.82) is 0 Å². The predicted octanol–water partition coefficient (Wildman–Crippen LogP) is 1.67. The van der Waals surface area contributed by atoms with Gasteiger partial charge in [0.2, 0.25) is 11.8 Å². The molecular formula is C13H12N6O3. The van der Waals surface area contributed by atoms with E-state index in [-0.39, 0.29) is 5.69 Å². The number of benzene rings is 1. The SMILES string of the molecule is Nc1cccc(-c2nnc(CCn3cc([N+](=O)[O-])cn3)o2)c1. The Bertz CT molecular complexity index is 809. The highest BCUT2D eigenvalue weighted by molar-refractivity contribution is 5.59. The Morgan fingerprint density at radius 3 is 2.95 bits per heavy atom. The molecule has 2 N–H and O–H groups in total. The first kappa shape index (κ1) is 13.7. The maximum atomic E-state index is 10.6. The fourth-order valence-corrected chi connectivity index (χ4v) is 1.92. The molecule has 9 heteroatoms. The van der Waals surface area contributed by atoms with Crippen LogP contribution in [0.1, 0.15) is 5.89 Å².